The van der Waals surface area contributed by atoms with Gasteiger partial charge in [-0.2, -0.15) is 5.10 Å². The molecular formula is C24H25N5O. The van der Waals surface area contributed by atoms with Crippen LogP contribution in [0, 0.1) is 0 Å². The van der Waals surface area contributed by atoms with Gasteiger partial charge in [0.2, 0.25) is 0 Å². The van der Waals surface area contributed by atoms with E-state index in [9.17, 15) is 4.79 Å². The van der Waals surface area contributed by atoms with E-state index in [-0.39, 0.29) is 11.6 Å². The standard InChI is InChI=1S/C24H25N5O/c1-17(2)29-23-21(14-25-29)24(30)28-12-11-27(16-22(28)26-23)15-18-7-6-10-20(13-18)19-8-4-3-5-9-19/h3-10,13-14,17H,11-12,15-16H2,1-2H3. The van der Waals surface area contributed by atoms with Crippen LogP contribution in [0.2, 0.25) is 0 Å². The van der Waals surface area contributed by atoms with Gasteiger partial charge >= 0.3 is 0 Å². The van der Waals surface area contributed by atoms with E-state index in [1.165, 1.54) is 16.7 Å². The molecule has 0 saturated carbocycles. The van der Waals surface area contributed by atoms with Crippen LogP contribution in [0.4, 0.5) is 0 Å². The Kier molecular flexibility index (Phi) is 4.71. The molecule has 0 radical (unpaired) electrons. The van der Waals surface area contributed by atoms with Gasteiger partial charge in [-0.3, -0.25) is 14.3 Å². The molecule has 0 fully saturated rings. The minimum atomic E-state index is 0.0209. The number of nitrogens with zero attached hydrogens (tertiary/aromatic N) is 5. The minimum Gasteiger partial charge on any atom is -0.294 e. The zero-order valence-electron chi connectivity index (χ0n) is 17.3. The summed E-state index contributed by atoms with van der Waals surface area (Å²) in [6.45, 7) is 7.08. The number of hydrogen-bond donors (Lipinski definition) is 0. The Hall–Kier alpha value is -3.25. The SMILES string of the molecule is CC(C)n1ncc2c(=O)n3c(nc21)CN(Cc1cccc(-c2ccccc2)c1)CC3. The molecule has 2 aromatic carbocycles. The summed E-state index contributed by atoms with van der Waals surface area (Å²) in [7, 11) is 0. The Labute approximate surface area is 175 Å². The number of hydrogen-bond acceptors (Lipinski definition) is 4. The maximum Gasteiger partial charge on any atom is 0.264 e. The molecule has 6 nitrogen and oxygen atoms in total. The Morgan fingerprint density at radius 2 is 1.80 bits per heavy atom. The lowest BCUT2D eigenvalue weighted by atomic mass is 10.0. The first kappa shape index (κ1) is 18.8. The number of aromatic nitrogens is 4. The summed E-state index contributed by atoms with van der Waals surface area (Å²) < 4.78 is 3.64. The van der Waals surface area contributed by atoms with Crippen LogP contribution in [-0.2, 0) is 19.6 Å². The van der Waals surface area contributed by atoms with Crippen molar-refractivity contribution in [3.05, 3.63) is 82.5 Å². The lowest BCUT2D eigenvalue weighted by molar-refractivity contribution is 0.204. The van der Waals surface area contributed by atoms with Gasteiger partial charge in [0.1, 0.15) is 11.2 Å². The largest absolute Gasteiger partial charge is 0.294 e. The van der Waals surface area contributed by atoms with E-state index in [0.717, 1.165) is 18.9 Å². The highest BCUT2D eigenvalue weighted by molar-refractivity contribution is 5.73. The topological polar surface area (TPSA) is 56.0 Å². The molecule has 1 aliphatic heterocycles. The average molecular weight is 399 g/mol. The molecule has 0 aliphatic carbocycles. The first-order chi connectivity index (χ1) is 14.6. The number of rotatable bonds is 4. The van der Waals surface area contributed by atoms with Crippen molar-refractivity contribution in [1.29, 1.82) is 0 Å². The molecule has 0 amide bonds. The Morgan fingerprint density at radius 1 is 1.00 bits per heavy atom. The molecule has 5 rings (SSSR count). The van der Waals surface area contributed by atoms with E-state index in [1.54, 1.807) is 6.20 Å². The van der Waals surface area contributed by atoms with Crippen molar-refractivity contribution in [2.45, 2.75) is 39.5 Å². The predicted octanol–water partition coefficient (Wildman–Crippen LogP) is 3.86. The first-order valence-corrected chi connectivity index (χ1v) is 10.4. The quantitative estimate of drug-likeness (QED) is 0.523. The van der Waals surface area contributed by atoms with E-state index in [4.69, 9.17) is 4.98 Å². The summed E-state index contributed by atoms with van der Waals surface area (Å²) in [6.07, 6.45) is 1.65. The van der Waals surface area contributed by atoms with Crippen LogP contribution < -0.4 is 5.56 Å². The van der Waals surface area contributed by atoms with E-state index in [1.807, 2.05) is 15.3 Å². The third kappa shape index (κ3) is 3.33. The molecule has 1 aliphatic rings. The predicted molar refractivity (Wildman–Crippen MR) is 118 cm³/mol. The molecule has 4 aromatic rings. The van der Waals surface area contributed by atoms with Gasteiger partial charge in [0.05, 0.1) is 12.7 Å². The van der Waals surface area contributed by atoms with Crippen molar-refractivity contribution in [2.75, 3.05) is 6.54 Å². The van der Waals surface area contributed by atoms with Crippen molar-refractivity contribution < 1.29 is 0 Å². The smallest absolute Gasteiger partial charge is 0.264 e. The Morgan fingerprint density at radius 3 is 2.60 bits per heavy atom. The zero-order valence-corrected chi connectivity index (χ0v) is 17.3. The van der Waals surface area contributed by atoms with Gasteiger partial charge in [-0.05, 0) is 36.6 Å². The monoisotopic (exact) mass is 399 g/mol. The third-order valence-electron chi connectivity index (χ3n) is 5.73. The minimum absolute atomic E-state index is 0.0209. The highest BCUT2D eigenvalue weighted by Crippen LogP contribution is 2.22. The first-order valence-electron chi connectivity index (χ1n) is 10.4. The molecule has 0 spiro atoms. The normalized spacial score (nSPS) is 14.4. The van der Waals surface area contributed by atoms with Gasteiger partial charge in [-0.25, -0.2) is 9.67 Å². The Bertz CT molecular complexity index is 1260. The van der Waals surface area contributed by atoms with Crippen LogP contribution in [0.5, 0.6) is 0 Å². The third-order valence-corrected chi connectivity index (χ3v) is 5.73. The summed E-state index contributed by atoms with van der Waals surface area (Å²) in [5, 5.41) is 4.99. The second kappa shape index (κ2) is 7.54. The highest BCUT2D eigenvalue weighted by Gasteiger charge is 2.22. The maximum atomic E-state index is 12.9. The molecular weight excluding hydrogens is 374 g/mol. The Balaban J connectivity index is 1.42. The van der Waals surface area contributed by atoms with Gasteiger partial charge < -0.3 is 0 Å². The number of benzene rings is 2. The van der Waals surface area contributed by atoms with Gasteiger partial charge in [0.15, 0.2) is 5.65 Å². The van der Waals surface area contributed by atoms with Gasteiger partial charge in [-0.15, -0.1) is 0 Å². The van der Waals surface area contributed by atoms with E-state index in [0.29, 0.717) is 24.1 Å². The van der Waals surface area contributed by atoms with Crippen LogP contribution in [0.15, 0.2) is 65.6 Å². The van der Waals surface area contributed by atoms with Crippen molar-refractivity contribution in [2.24, 2.45) is 0 Å². The second-order valence-electron chi connectivity index (χ2n) is 8.18. The lowest BCUT2D eigenvalue weighted by Crippen LogP contribution is -2.39. The van der Waals surface area contributed by atoms with Gasteiger partial charge in [0, 0.05) is 25.7 Å². The van der Waals surface area contributed by atoms with E-state index in [2.05, 4.69) is 72.4 Å². The average Bonchev–Trinajstić information content (AvgIpc) is 3.19. The number of fused-ring (bicyclic) bond motifs is 2. The zero-order chi connectivity index (χ0) is 20.7. The van der Waals surface area contributed by atoms with Crippen molar-refractivity contribution in [1.82, 2.24) is 24.2 Å². The summed E-state index contributed by atoms with van der Waals surface area (Å²) in [4.78, 5) is 20.1. The van der Waals surface area contributed by atoms with Crippen LogP contribution in [0.1, 0.15) is 31.3 Å². The molecule has 30 heavy (non-hydrogen) atoms. The van der Waals surface area contributed by atoms with Crippen LogP contribution >= 0.6 is 0 Å². The molecule has 2 aromatic heterocycles. The lowest BCUT2D eigenvalue weighted by Gasteiger charge is -2.29. The van der Waals surface area contributed by atoms with Crippen LogP contribution in [0.25, 0.3) is 22.2 Å². The summed E-state index contributed by atoms with van der Waals surface area (Å²) in [6, 6.07) is 19.3. The fourth-order valence-electron chi connectivity index (χ4n) is 4.19. The molecule has 0 bridgehead atoms. The van der Waals surface area contributed by atoms with Crippen molar-refractivity contribution in [3.8, 4) is 11.1 Å². The molecule has 152 valence electrons. The van der Waals surface area contributed by atoms with Gasteiger partial charge in [-0.1, -0.05) is 48.5 Å². The molecule has 0 atom stereocenters. The molecule has 3 heterocycles. The van der Waals surface area contributed by atoms with E-state index < -0.39 is 0 Å². The summed E-state index contributed by atoms with van der Waals surface area (Å²) in [5.41, 5.74) is 4.42. The highest BCUT2D eigenvalue weighted by atomic mass is 16.1. The van der Waals surface area contributed by atoms with Crippen LogP contribution in [-0.4, -0.2) is 30.8 Å². The molecule has 0 unspecified atom stereocenters. The van der Waals surface area contributed by atoms with Gasteiger partial charge in [0.25, 0.3) is 5.56 Å². The summed E-state index contributed by atoms with van der Waals surface area (Å²) in [5.74, 6) is 0.820. The molecule has 0 N–H and O–H groups in total. The molecule has 0 saturated heterocycles. The molecule has 6 heteroatoms. The fourth-order valence-corrected chi connectivity index (χ4v) is 4.19. The van der Waals surface area contributed by atoms with Crippen molar-refractivity contribution >= 4 is 11.0 Å². The van der Waals surface area contributed by atoms with Crippen molar-refractivity contribution in [3.63, 3.8) is 0 Å². The van der Waals surface area contributed by atoms with Crippen LogP contribution in [0.3, 0.4) is 0 Å². The summed E-state index contributed by atoms with van der Waals surface area (Å²) >= 11 is 0. The second-order valence-corrected chi connectivity index (χ2v) is 8.18. The van der Waals surface area contributed by atoms with E-state index >= 15 is 0 Å². The fraction of sp³-hybridized carbons (Fsp3) is 0.292. The maximum absolute atomic E-state index is 12.9.